The lowest BCUT2D eigenvalue weighted by Crippen LogP contribution is -2.35. The van der Waals surface area contributed by atoms with Crippen molar-refractivity contribution in [3.63, 3.8) is 0 Å². The average molecular weight is 272 g/mol. The molecule has 0 aliphatic heterocycles. The number of rotatable bonds is 6. The fourth-order valence-corrected chi connectivity index (χ4v) is 1.97. The van der Waals surface area contributed by atoms with Crippen LogP contribution in [0.15, 0.2) is 11.5 Å². The molecule has 1 rings (SSSR count). The standard InChI is InChI=1S/C10H16N4O3S/c1-6(2)12-9(17)7(3)14-5-11-13-10(14)18-4-8(15)16/h5-7H,4H2,1-3H3,(H,12,17)(H,15,16). The van der Waals surface area contributed by atoms with E-state index in [2.05, 4.69) is 15.5 Å². The number of carbonyl (C=O) groups is 2. The second kappa shape index (κ2) is 6.39. The highest BCUT2D eigenvalue weighted by molar-refractivity contribution is 7.99. The van der Waals surface area contributed by atoms with Gasteiger partial charge in [-0.15, -0.1) is 10.2 Å². The molecule has 0 saturated heterocycles. The second-order valence-corrected chi connectivity index (χ2v) is 4.98. The molecule has 8 heteroatoms. The van der Waals surface area contributed by atoms with Gasteiger partial charge in [0.15, 0.2) is 5.16 Å². The lowest BCUT2D eigenvalue weighted by atomic mass is 10.3. The van der Waals surface area contributed by atoms with E-state index < -0.39 is 12.0 Å². The van der Waals surface area contributed by atoms with Gasteiger partial charge in [0, 0.05) is 6.04 Å². The fraction of sp³-hybridized carbons (Fsp3) is 0.600. The third kappa shape index (κ3) is 4.02. The van der Waals surface area contributed by atoms with E-state index in [0.29, 0.717) is 5.16 Å². The molecular weight excluding hydrogens is 256 g/mol. The van der Waals surface area contributed by atoms with Crippen molar-refractivity contribution in [1.82, 2.24) is 20.1 Å². The van der Waals surface area contributed by atoms with Crippen LogP contribution in [0.3, 0.4) is 0 Å². The molecule has 0 bridgehead atoms. The Morgan fingerprint density at radius 1 is 1.50 bits per heavy atom. The Hall–Kier alpha value is -1.57. The predicted molar refractivity (Wildman–Crippen MR) is 66.4 cm³/mol. The Morgan fingerprint density at radius 3 is 2.72 bits per heavy atom. The van der Waals surface area contributed by atoms with Crippen LogP contribution < -0.4 is 5.32 Å². The van der Waals surface area contributed by atoms with Gasteiger partial charge in [0.1, 0.15) is 12.4 Å². The van der Waals surface area contributed by atoms with Crippen molar-refractivity contribution in [2.45, 2.75) is 38.0 Å². The van der Waals surface area contributed by atoms with E-state index in [0.717, 1.165) is 11.8 Å². The van der Waals surface area contributed by atoms with Crippen molar-refractivity contribution >= 4 is 23.6 Å². The van der Waals surface area contributed by atoms with Crippen molar-refractivity contribution in [3.8, 4) is 0 Å². The molecule has 1 aromatic rings. The molecule has 1 unspecified atom stereocenters. The lowest BCUT2D eigenvalue weighted by Gasteiger charge is -2.16. The first kappa shape index (κ1) is 14.5. The summed E-state index contributed by atoms with van der Waals surface area (Å²) < 4.78 is 1.56. The average Bonchev–Trinajstić information content (AvgIpc) is 2.72. The summed E-state index contributed by atoms with van der Waals surface area (Å²) in [5.41, 5.74) is 0. The summed E-state index contributed by atoms with van der Waals surface area (Å²) in [7, 11) is 0. The maximum absolute atomic E-state index is 11.8. The first-order valence-corrected chi connectivity index (χ1v) is 6.45. The van der Waals surface area contributed by atoms with Gasteiger partial charge in [0.25, 0.3) is 0 Å². The first-order chi connectivity index (χ1) is 8.41. The van der Waals surface area contributed by atoms with Crippen LogP contribution in [0.1, 0.15) is 26.8 Å². The maximum atomic E-state index is 11.8. The maximum Gasteiger partial charge on any atom is 0.313 e. The van der Waals surface area contributed by atoms with E-state index in [1.54, 1.807) is 11.5 Å². The first-order valence-electron chi connectivity index (χ1n) is 5.46. The number of thioether (sulfide) groups is 1. The minimum absolute atomic E-state index is 0.0477. The van der Waals surface area contributed by atoms with Crippen molar-refractivity contribution < 1.29 is 14.7 Å². The predicted octanol–water partition coefficient (Wildman–Crippen LogP) is 0.540. The summed E-state index contributed by atoms with van der Waals surface area (Å²) in [5.74, 6) is -1.20. The summed E-state index contributed by atoms with van der Waals surface area (Å²) in [4.78, 5) is 22.3. The summed E-state index contributed by atoms with van der Waals surface area (Å²) in [6, 6.07) is -0.426. The van der Waals surface area contributed by atoms with Crippen LogP contribution in [0.4, 0.5) is 0 Å². The van der Waals surface area contributed by atoms with Crippen molar-refractivity contribution in [1.29, 1.82) is 0 Å². The fourth-order valence-electron chi connectivity index (χ4n) is 1.26. The van der Waals surface area contributed by atoms with Gasteiger partial charge in [-0.25, -0.2) is 0 Å². The third-order valence-electron chi connectivity index (χ3n) is 2.09. The Labute approximate surface area is 109 Å². The van der Waals surface area contributed by atoms with Gasteiger partial charge in [-0.3, -0.25) is 14.2 Å². The molecule has 2 N–H and O–H groups in total. The van der Waals surface area contributed by atoms with E-state index in [4.69, 9.17) is 5.11 Å². The number of aliphatic carboxylic acids is 1. The molecule has 100 valence electrons. The largest absolute Gasteiger partial charge is 0.481 e. The van der Waals surface area contributed by atoms with Crippen LogP contribution in [0.2, 0.25) is 0 Å². The Kier molecular flexibility index (Phi) is 5.14. The van der Waals surface area contributed by atoms with Crippen molar-refractivity contribution in [2.75, 3.05) is 5.75 Å². The quantitative estimate of drug-likeness (QED) is 0.734. The van der Waals surface area contributed by atoms with E-state index in [-0.39, 0.29) is 17.7 Å². The van der Waals surface area contributed by atoms with Gasteiger partial charge >= 0.3 is 5.97 Å². The summed E-state index contributed by atoms with van der Waals surface area (Å²) in [6.45, 7) is 5.46. The van der Waals surface area contributed by atoms with Crippen molar-refractivity contribution in [2.24, 2.45) is 0 Å². The zero-order valence-corrected chi connectivity index (χ0v) is 11.3. The molecule has 0 aliphatic rings. The van der Waals surface area contributed by atoms with E-state index in [9.17, 15) is 9.59 Å². The van der Waals surface area contributed by atoms with Gasteiger partial charge in [0.2, 0.25) is 5.91 Å². The van der Waals surface area contributed by atoms with E-state index >= 15 is 0 Å². The second-order valence-electron chi connectivity index (χ2n) is 4.04. The van der Waals surface area contributed by atoms with Crippen LogP contribution in [-0.2, 0) is 9.59 Å². The molecule has 1 atom stereocenters. The van der Waals surface area contributed by atoms with Crippen LogP contribution >= 0.6 is 11.8 Å². The summed E-state index contributed by atoms with van der Waals surface area (Å²) >= 11 is 1.04. The molecule has 0 spiro atoms. The zero-order chi connectivity index (χ0) is 13.7. The molecule has 1 amide bonds. The highest BCUT2D eigenvalue weighted by atomic mass is 32.2. The molecule has 1 heterocycles. The minimum Gasteiger partial charge on any atom is -0.481 e. The number of hydrogen-bond acceptors (Lipinski definition) is 5. The SMILES string of the molecule is CC(C)NC(=O)C(C)n1cnnc1SCC(=O)O. The molecule has 18 heavy (non-hydrogen) atoms. The third-order valence-corrected chi connectivity index (χ3v) is 3.03. The number of nitrogens with one attached hydrogen (secondary N) is 1. The van der Waals surface area contributed by atoms with Gasteiger partial charge in [-0.05, 0) is 20.8 Å². The monoisotopic (exact) mass is 272 g/mol. The molecule has 0 aliphatic carbocycles. The number of amides is 1. The van der Waals surface area contributed by atoms with Crippen LogP contribution in [-0.4, -0.2) is 43.5 Å². The molecule has 0 radical (unpaired) electrons. The zero-order valence-electron chi connectivity index (χ0n) is 10.5. The smallest absolute Gasteiger partial charge is 0.313 e. The number of aromatic nitrogens is 3. The van der Waals surface area contributed by atoms with Crippen LogP contribution in [0.5, 0.6) is 0 Å². The Bertz CT molecular complexity index is 433. The van der Waals surface area contributed by atoms with Gasteiger partial charge < -0.3 is 10.4 Å². The van der Waals surface area contributed by atoms with E-state index in [1.165, 1.54) is 6.33 Å². The summed E-state index contributed by atoms with van der Waals surface area (Å²) in [5, 5.41) is 19.3. The lowest BCUT2D eigenvalue weighted by molar-refractivity contribution is -0.134. The number of carboxylic acids is 1. The Morgan fingerprint density at radius 2 is 2.17 bits per heavy atom. The molecule has 0 fully saturated rings. The minimum atomic E-state index is -0.936. The number of carbonyl (C=O) groups excluding carboxylic acids is 1. The van der Waals surface area contributed by atoms with Crippen LogP contribution in [0.25, 0.3) is 0 Å². The molecule has 0 aromatic carbocycles. The molecule has 0 saturated carbocycles. The molecular formula is C10H16N4O3S. The topological polar surface area (TPSA) is 97.1 Å². The highest BCUT2D eigenvalue weighted by Gasteiger charge is 2.19. The number of nitrogens with zero attached hydrogens (tertiary/aromatic N) is 3. The highest BCUT2D eigenvalue weighted by Crippen LogP contribution is 2.18. The van der Waals surface area contributed by atoms with Crippen LogP contribution in [0, 0.1) is 0 Å². The Balaban J connectivity index is 2.73. The molecule has 1 aromatic heterocycles. The van der Waals surface area contributed by atoms with Gasteiger partial charge in [-0.2, -0.15) is 0 Å². The number of hydrogen-bond donors (Lipinski definition) is 2. The summed E-state index contributed by atoms with van der Waals surface area (Å²) in [6.07, 6.45) is 1.43. The van der Waals surface area contributed by atoms with Crippen molar-refractivity contribution in [3.05, 3.63) is 6.33 Å². The normalized spacial score (nSPS) is 12.4. The van der Waals surface area contributed by atoms with E-state index in [1.807, 2.05) is 13.8 Å². The number of carboxylic acid groups (broad SMARTS) is 1. The van der Waals surface area contributed by atoms with Gasteiger partial charge in [0.05, 0.1) is 5.75 Å². The van der Waals surface area contributed by atoms with Gasteiger partial charge in [-0.1, -0.05) is 11.8 Å². The molecule has 7 nitrogen and oxygen atoms in total.